The molecule has 0 fully saturated rings. The highest BCUT2D eigenvalue weighted by atomic mass is 32.2. The lowest BCUT2D eigenvalue weighted by atomic mass is 10.00. The molecule has 0 bridgehead atoms. The molecular weight excluding hydrogens is 218 g/mol. The van der Waals surface area contributed by atoms with Crippen molar-refractivity contribution in [1.82, 2.24) is 5.32 Å². The molecule has 0 radical (unpaired) electrons. The molecule has 0 heterocycles. The lowest BCUT2D eigenvalue weighted by Gasteiger charge is -2.27. The zero-order valence-electron chi connectivity index (χ0n) is 10.3. The maximum atomic E-state index is 9.28. The maximum Gasteiger partial charge on any atom is 0.0610 e. The smallest absolute Gasteiger partial charge is 0.0610 e. The highest BCUT2D eigenvalue weighted by Gasteiger charge is 2.19. The number of thioether (sulfide) groups is 1. The second-order valence-corrected chi connectivity index (χ2v) is 5.15. The number of benzene rings is 1. The van der Waals surface area contributed by atoms with Crippen molar-refractivity contribution in [2.45, 2.75) is 37.2 Å². The van der Waals surface area contributed by atoms with Gasteiger partial charge in [-0.3, -0.25) is 0 Å². The Morgan fingerprint density at radius 2 is 1.94 bits per heavy atom. The van der Waals surface area contributed by atoms with Crippen LogP contribution < -0.4 is 5.32 Å². The molecular formula is C13H21NOS. The first-order valence-electron chi connectivity index (χ1n) is 5.62. The summed E-state index contributed by atoms with van der Waals surface area (Å²) < 4.78 is 0. The summed E-state index contributed by atoms with van der Waals surface area (Å²) in [4.78, 5) is 1.28. The Morgan fingerprint density at radius 1 is 1.31 bits per heavy atom. The predicted octanol–water partition coefficient (Wildman–Crippen LogP) is 2.66. The van der Waals surface area contributed by atoms with Crippen LogP contribution in [0.15, 0.2) is 29.2 Å². The van der Waals surface area contributed by atoms with Crippen LogP contribution in [0.3, 0.4) is 0 Å². The summed E-state index contributed by atoms with van der Waals surface area (Å²) in [6.45, 7) is 5.11. The molecule has 1 unspecified atom stereocenters. The highest BCUT2D eigenvalue weighted by molar-refractivity contribution is 7.98. The van der Waals surface area contributed by atoms with Crippen LogP contribution in [0.1, 0.15) is 25.8 Å². The molecule has 0 aliphatic rings. The number of nitrogens with one attached hydrogen (secondary N) is 1. The average Bonchev–Trinajstić information content (AvgIpc) is 2.36. The van der Waals surface area contributed by atoms with E-state index in [1.165, 1.54) is 10.5 Å². The number of rotatable bonds is 6. The van der Waals surface area contributed by atoms with Crippen LogP contribution in [0.5, 0.6) is 0 Å². The van der Waals surface area contributed by atoms with E-state index < -0.39 is 0 Å². The molecule has 0 aliphatic carbocycles. The van der Waals surface area contributed by atoms with Crippen LogP contribution in [0.4, 0.5) is 0 Å². The molecule has 16 heavy (non-hydrogen) atoms. The standard InChI is InChI=1S/C13H21NOS/c1-4-13(2,10-15)14-9-11-5-7-12(16-3)8-6-11/h5-8,14-15H,4,9-10H2,1-3H3. The number of hydrogen-bond donors (Lipinski definition) is 2. The van der Waals surface area contributed by atoms with E-state index in [1.54, 1.807) is 11.8 Å². The average molecular weight is 239 g/mol. The second-order valence-electron chi connectivity index (χ2n) is 4.27. The first-order chi connectivity index (χ1) is 7.63. The molecule has 0 saturated carbocycles. The van der Waals surface area contributed by atoms with E-state index in [1.807, 2.05) is 6.92 Å². The molecule has 0 amide bonds. The molecule has 1 atom stereocenters. The van der Waals surface area contributed by atoms with Gasteiger partial charge in [0.05, 0.1) is 6.61 Å². The Hall–Kier alpha value is -0.510. The van der Waals surface area contributed by atoms with Crippen LogP contribution in [-0.4, -0.2) is 23.5 Å². The minimum atomic E-state index is -0.168. The van der Waals surface area contributed by atoms with Crippen LogP contribution in [0.25, 0.3) is 0 Å². The van der Waals surface area contributed by atoms with Crippen LogP contribution in [-0.2, 0) is 6.54 Å². The van der Waals surface area contributed by atoms with Gasteiger partial charge in [0.2, 0.25) is 0 Å². The van der Waals surface area contributed by atoms with Gasteiger partial charge in [0, 0.05) is 17.0 Å². The van der Waals surface area contributed by atoms with Crippen molar-refractivity contribution in [1.29, 1.82) is 0 Å². The largest absolute Gasteiger partial charge is 0.394 e. The monoisotopic (exact) mass is 239 g/mol. The minimum Gasteiger partial charge on any atom is -0.394 e. The molecule has 0 aromatic heterocycles. The quantitative estimate of drug-likeness (QED) is 0.749. The Labute approximate surface area is 102 Å². The molecule has 0 saturated heterocycles. The summed E-state index contributed by atoms with van der Waals surface area (Å²) in [5.74, 6) is 0. The third-order valence-corrected chi connectivity index (χ3v) is 3.75. The van der Waals surface area contributed by atoms with Crippen LogP contribution in [0, 0.1) is 0 Å². The van der Waals surface area contributed by atoms with Gasteiger partial charge in [-0.05, 0) is 37.3 Å². The SMILES string of the molecule is CCC(C)(CO)NCc1ccc(SC)cc1. The maximum absolute atomic E-state index is 9.28. The van der Waals surface area contributed by atoms with Crippen LogP contribution in [0.2, 0.25) is 0 Å². The van der Waals surface area contributed by atoms with E-state index in [-0.39, 0.29) is 12.1 Å². The van der Waals surface area contributed by atoms with Crippen molar-refractivity contribution in [2.75, 3.05) is 12.9 Å². The summed E-state index contributed by atoms with van der Waals surface area (Å²) in [5.41, 5.74) is 1.09. The van der Waals surface area contributed by atoms with Gasteiger partial charge in [-0.2, -0.15) is 0 Å². The predicted molar refractivity (Wildman–Crippen MR) is 70.8 cm³/mol. The molecule has 1 rings (SSSR count). The Morgan fingerprint density at radius 3 is 2.38 bits per heavy atom. The van der Waals surface area contributed by atoms with Gasteiger partial charge in [-0.15, -0.1) is 11.8 Å². The van der Waals surface area contributed by atoms with Gasteiger partial charge < -0.3 is 10.4 Å². The Balaban J connectivity index is 2.54. The molecule has 2 N–H and O–H groups in total. The first kappa shape index (κ1) is 13.6. The third kappa shape index (κ3) is 3.81. The highest BCUT2D eigenvalue weighted by Crippen LogP contribution is 2.15. The summed E-state index contributed by atoms with van der Waals surface area (Å²) in [7, 11) is 0. The van der Waals surface area contributed by atoms with Gasteiger partial charge in [0.15, 0.2) is 0 Å². The molecule has 2 nitrogen and oxygen atoms in total. The van der Waals surface area contributed by atoms with Crippen molar-refractivity contribution in [3.05, 3.63) is 29.8 Å². The molecule has 90 valence electrons. The molecule has 0 aliphatic heterocycles. The van der Waals surface area contributed by atoms with E-state index in [0.717, 1.165) is 13.0 Å². The van der Waals surface area contributed by atoms with E-state index in [2.05, 4.69) is 42.8 Å². The zero-order valence-corrected chi connectivity index (χ0v) is 11.1. The fraction of sp³-hybridized carbons (Fsp3) is 0.538. The molecule has 1 aromatic rings. The van der Waals surface area contributed by atoms with Crippen molar-refractivity contribution in [3.8, 4) is 0 Å². The van der Waals surface area contributed by atoms with E-state index in [9.17, 15) is 5.11 Å². The normalized spacial score (nSPS) is 14.8. The molecule has 1 aromatic carbocycles. The van der Waals surface area contributed by atoms with Crippen molar-refractivity contribution in [2.24, 2.45) is 0 Å². The first-order valence-corrected chi connectivity index (χ1v) is 6.85. The topological polar surface area (TPSA) is 32.3 Å². The lowest BCUT2D eigenvalue weighted by molar-refractivity contribution is 0.169. The number of aliphatic hydroxyl groups is 1. The lowest BCUT2D eigenvalue weighted by Crippen LogP contribution is -2.44. The molecule has 0 spiro atoms. The summed E-state index contributed by atoms with van der Waals surface area (Å²) in [5, 5.41) is 12.7. The van der Waals surface area contributed by atoms with E-state index >= 15 is 0 Å². The van der Waals surface area contributed by atoms with Crippen molar-refractivity contribution in [3.63, 3.8) is 0 Å². The second kappa shape index (κ2) is 6.28. The van der Waals surface area contributed by atoms with E-state index in [0.29, 0.717) is 0 Å². The zero-order chi connectivity index (χ0) is 12.0. The summed E-state index contributed by atoms with van der Waals surface area (Å²) in [6, 6.07) is 8.52. The summed E-state index contributed by atoms with van der Waals surface area (Å²) in [6.07, 6.45) is 3.00. The van der Waals surface area contributed by atoms with Crippen LogP contribution >= 0.6 is 11.8 Å². The van der Waals surface area contributed by atoms with Gasteiger partial charge in [-0.25, -0.2) is 0 Å². The summed E-state index contributed by atoms with van der Waals surface area (Å²) >= 11 is 1.75. The fourth-order valence-electron chi connectivity index (χ4n) is 1.35. The molecule has 3 heteroatoms. The Bertz CT molecular complexity index is 306. The van der Waals surface area contributed by atoms with Crippen molar-refractivity contribution >= 4 is 11.8 Å². The number of hydrogen-bond acceptors (Lipinski definition) is 3. The third-order valence-electron chi connectivity index (χ3n) is 3.01. The Kier molecular flexibility index (Phi) is 5.32. The van der Waals surface area contributed by atoms with Gasteiger partial charge in [-0.1, -0.05) is 19.1 Å². The number of aliphatic hydroxyl groups excluding tert-OH is 1. The van der Waals surface area contributed by atoms with Gasteiger partial charge >= 0.3 is 0 Å². The van der Waals surface area contributed by atoms with Gasteiger partial charge in [0.25, 0.3) is 0 Å². The fourth-order valence-corrected chi connectivity index (χ4v) is 1.76. The minimum absolute atomic E-state index is 0.168. The van der Waals surface area contributed by atoms with Gasteiger partial charge in [0.1, 0.15) is 0 Å². The van der Waals surface area contributed by atoms with Crippen molar-refractivity contribution < 1.29 is 5.11 Å². The van der Waals surface area contributed by atoms with E-state index in [4.69, 9.17) is 0 Å².